The van der Waals surface area contributed by atoms with E-state index in [2.05, 4.69) is 47.7 Å². The van der Waals surface area contributed by atoms with Crippen molar-refractivity contribution in [2.45, 2.75) is 39.8 Å². The number of hydrogen-bond acceptors (Lipinski definition) is 4. The number of fused-ring (bicyclic) bond motifs is 1. The number of thiazole rings is 1. The lowest BCUT2D eigenvalue weighted by Gasteiger charge is -2.21. The van der Waals surface area contributed by atoms with Gasteiger partial charge in [-0.25, -0.2) is 4.98 Å². The summed E-state index contributed by atoms with van der Waals surface area (Å²) in [5.41, 5.74) is 5.40. The van der Waals surface area contributed by atoms with Gasteiger partial charge >= 0.3 is 0 Å². The standard InChI is InChI=1S/C16H21N3S/c1-11-16(20-12(2)19-11)10-17-9-13-5-3-7-15-14(13)6-4-8-18-15/h3,5,7,17-18H,4,6,8-10H2,1-2H3. The van der Waals surface area contributed by atoms with Gasteiger partial charge in [-0.3, -0.25) is 0 Å². The van der Waals surface area contributed by atoms with Crippen molar-refractivity contribution in [3.05, 3.63) is 44.9 Å². The van der Waals surface area contributed by atoms with E-state index in [1.54, 1.807) is 11.3 Å². The summed E-state index contributed by atoms with van der Waals surface area (Å²) in [6, 6.07) is 6.58. The lowest BCUT2D eigenvalue weighted by atomic mass is 9.97. The van der Waals surface area contributed by atoms with E-state index in [4.69, 9.17) is 0 Å². The molecule has 0 bridgehead atoms. The summed E-state index contributed by atoms with van der Waals surface area (Å²) in [4.78, 5) is 5.83. The highest BCUT2D eigenvalue weighted by Crippen LogP contribution is 2.25. The molecule has 2 N–H and O–H groups in total. The van der Waals surface area contributed by atoms with E-state index in [0.29, 0.717) is 0 Å². The molecule has 2 heterocycles. The van der Waals surface area contributed by atoms with Crippen LogP contribution in [0.25, 0.3) is 0 Å². The maximum Gasteiger partial charge on any atom is 0.0900 e. The molecule has 1 aliphatic rings. The molecule has 2 aromatic rings. The number of aryl methyl sites for hydroxylation is 2. The van der Waals surface area contributed by atoms with Gasteiger partial charge in [-0.15, -0.1) is 11.3 Å². The van der Waals surface area contributed by atoms with Crippen LogP contribution in [0.1, 0.15) is 33.1 Å². The summed E-state index contributed by atoms with van der Waals surface area (Å²) in [7, 11) is 0. The minimum absolute atomic E-state index is 0.911. The fraction of sp³-hybridized carbons (Fsp3) is 0.438. The molecule has 0 unspecified atom stereocenters. The first-order chi connectivity index (χ1) is 9.74. The van der Waals surface area contributed by atoms with E-state index in [1.807, 2.05) is 0 Å². The Balaban J connectivity index is 1.65. The van der Waals surface area contributed by atoms with Gasteiger partial charge in [0.25, 0.3) is 0 Å². The number of anilines is 1. The molecule has 3 nitrogen and oxygen atoms in total. The van der Waals surface area contributed by atoms with Crippen molar-refractivity contribution in [2.24, 2.45) is 0 Å². The Morgan fingerprint density at radius 1 is 1.30 bits per heavy atom. The van der Waals surface area contributed by atoms with Crippen molar-refractivity contribution < 1.29 is 0 Å². The minimum Gasteiger partial charge on any atom is -0.385 e. The summed E-state index contributed by atoms with van der Waals surface area (Å²) in [5.74, 6) is 0. The van der Waals surface area contributed by atoms with E-state index in [9.17, 15) is 0 Å². The highest BCUT2D eigenvalue weighted by atomic mass is 32.1. The van der Waals surface area contributed by atoms with Gasteiger partial charge < -0.3 is 10.6 Å². The molecule has 0 fully saturated rings. The molecule has 1 aliphatic heterocycles. The summed E-state index contributed by atoms with van der Waals surface area (Å²) in [6.45, 7) is 7.11. The van der Waals surface area contributed by atoms with Crippen LogP contribution in [-0.2, 0) is 19.5 Å². The van der Waals surface area contributed by atoms with E-state index in [-0.39, 0.29) is 0 Å². The molecule has 20 heavy (non-hydrogen) atoms. The highest BCUT2D eigenvalue weighted by Gasteiger charge is 2.12. The number of aromatic nitrogens is 1. The Labute approximate surface area is 124 Å². The summed E-state index contributed by atoms with van der Waals surface area (Å²) in [6.07, 6.45) is 2.43. The second-order valence-electron chi connectivity index (χ2n) is 5.32. The van der Waals surface area contributed by atoms with E-state index < -0.39 is 0 Å². The zero-order valence-corrected chi connectivity index (χ0v) is 12.9. The molecule has 0 spiro atoms. The SMILES string of the molecule is Cc1nc(C)c(CNCc2cccc3c2CCCN3)s1. The van der Waals surface area contributed by atoms with Gasteiger partial charge in [-0.05, 0) is 43.9 Å². The zero-order chi connectivity index (χ0) is 13.9. The average molecular weight is 287 g/mol. The van der Waals surface area contributed by atoms with Crippen LogP contribution in [0.3, 0.4) is 0 Å². The van der Waals surface area contributed by atoms with Crippen LogP contribution in [0.5, 0.6) is 0 Å². The first-order valence-corrected chi connectivity index (χ1v) is 8.04. The number of benzene rings is 1. The molecule has 0 atom stereocenters. The Kier molecular flexibility index (Phi) is 4.03. The van der Waals surface area contributed by atoms with E-state index in [1.165, 1.54) is 34.5 Å². The van der Waals surface area contributed by atoms with E-state index >= 15 is 0 Å². The summed E-state index contributed by atoms with van der Waals surface area (Å²) >= 11 is 1.79. The van der Waals surface area contributed by atoms with Gasteiger partial charge in [0.1, 0.15) is 0 Å². The monoisotopic (exact) mass is 287 g/mol. The number of nitrogens with zero attached hydrogens (tertiary/aromatic N) is 1. The lowest BCUT2D eigenvalue weighted by molar-refractivity contribution is 0.686. The predicted octanol–water partition coefficient (Wildman–Crippen LogP) is 3.41. The van der Waals surface area contributed by atoms with Crippen molar-refractivity contribution >= 4 is 17.0 Å². The lowest BCUT2D eigenvalue weighted by Crippen LogP contribution is -2.18. The third-order valence-electron chi connectivity index (χ3n) is 3.79. The molecular formula is C16H21N3S. The van der Waals surface area contributed by atoms with Crippen LogP contribution < -0.4 is 10.6 Å². The van der Waals surface area contributed by atoms with Gasteiger partial charge in [0.05, 0.1) is 10.7 Å². The fourth-order valence-corrected chi connectivity index (χ4v) is 3.70. The molecule has 4 heteroatoms. The third kappa shape index (κ3) is 2.86. The predicted molar refractivity (Wildman–Crippen MR) is 85.4 cm³/mol. The second-order valence-corrected chi connectivity index (χ2v) is 6.61. The van der Waals surface area contributed by atoms with Crippen LogP contribution in [-0.4, -0.2) is 11.5 Å². The normalized spacial score (nSPS) is 13.9. The van der Waals surface area contributed by atoms with Crippen LogP contribution in [0.2, 0.25) is 0 Å². The highest BCUT2D eigenvalue weighted by molar-refractivity contribution is 7.11. The average Bonchev–Trinajstić information content (AvgIpc) is 2.77. The molecule has 0 saturated carbocycles. The Bertz CT molecular complexity index is 604. The van der Waals surface area contributed by atoms with Crippen LogP contribution in [0.4, 0.5) is 5.69 Å². The Hall–Kier alpha value is -1.39. The van der Waals surface area contributed by atoms with Crippen molar-refractivity contribution in [3.63, 3.8) is 0 Å². The van der Waals surface area contributed by atoms with Gasteiger partial charge in [0.2, 0.25) is 0 Å². The summed E-state index contributed by atoms with van der Waals surface area (Å²) in [5, 5.41) is 8.21. The maximum atomic E-state index is 4.48. The van der Waals surface area contributed by atoms with Crippen LogP contribution >= 0.6 is 11.3 Å². The van der Waals surface area contributed by atoms with Crippen molar-refractivity contribution in [3.8, 4) is 0 Å². The molecule has 106 valence electrons. The van der Waals surface area contributed by atoms with Crippen LogP contribution in [0, 0.1) is 13.8 Å². The maximum absolute atomic E-state index is 4.48. The minimum atomic E-state index is 0.911. The summed E-state index contributed by atoms with van der Waals surface area (Å²) < 4.78 is 0. The molecule has 0 amide bonds. The first kappa shape index (κ1) is 13.6. The van der Waals surface area contributed by atoms with E-state index in [0.717, 1.165) is 30.3 Å². The largest absolute Gasteiger partial charge is 0.385 e. The van der Waals surface area contributed by atoms with Crippen molar-refractivity contribution in [2.75, 3.05) is 11.9 Å². The number of nitrogens with one attached hydrogen (secondary N) is 2. The zero-order valence-electron chi connectivity index (χ0n) is 12.1. The van der Waals surface area contributed by atoms with Gasteiger partial charge in [-0.2, -0.15) is 0 Å². The third-order valence-corrected chi connectivity index (χ3v) is 4.87. The fourth-order valence-electron chi connectivity index (χ4n) is 2.80. The van der Waals surface area contributed by atoms with Crippen LogP contribution in [0.15, 0.2) is 18.2 Å². The molecule has 0 radical (unpaired) electrons. The molecule has 0 aliphatic carbocycles. The molecule has 1 aromatic carbocycles. The first-order valence-electron chi connectivity index (χ1n) is 7.22. The molecular weight excluding hydrogens is 266 g/mol. The quantitative estimate of drug-likeness (QED) is 0.905. The molecule has 1 aromatic heterocycles. The number of hydrogen-bond donors (Lipinski definition) is 2. The van der Waals surface area contributed by atoms with Gasteiger partial charge in [-0.1, -0.05) is 12.1 Å². The van der Waals surface area contributed by atoms with Gasteiger partial charge in [0.15, 0.2) is 0 Å². The molecule has 0 saturated heterocycles. The Morgan fingerprint density at radius 2 is 2.20 bits per heavy atom. The molecule has 3 rings (SSSR count). The van der Waals surface area contributed by atoms with Crippen molar-refractivity contribution in [1.82, 2.24) is 10.3 Å². The number of rotatable bonds is 4. The topological polar surface area (TPSA) is 37.0 Å². The van der Waals surface area contributed by atoms with Gasteiger partial charge in [0, 0.05) is 30.2 Å². The van der Waals surface area contributed by atoms with Crippen molar-refractivity contribution in [1.29, 1.82) is 0 Å². The Morgan fingerprint density at radius 3 is 3.00 bits per heavy atom. The smallest absolute Gasteiger partial charge is 0.0900 e. The second kappa shape index (κ2) is 5.94.